The standard InChI is InChI=1S/C26H31ClN2O3/c1-18(14-28-13-5-6-22(16-28)32-21-11-9-20(27)10-12-21)15-29-17-24(19(2)30)23-7-4-8-25(31-3)26(23)29/h4,7-12,17-18,22H,5-6,13-16H2,1-3H3. The van der Waals surface area contributed by atoms with Crippen LogP contribution in [0.15, 0.2) is 48.7 Å². The highest BCUT2D eigenvalue weighted by molar-refractivity contribution is 6.30. The third-order valence-electron chi connectivity index (χ3n) is 6.12. The molecule has 3 aromatic rings. The van der Waals surface area contributed by atoms with Crippen LogP contribution in [-0.4, -0.2) is 48.1 Å². The summed E-state index contributed by atoms with van der Waals surface area (Å²) in [5.41, 5.74) is 1.75. The van der Waals surface area contributed by atoms with Crippen molar-refractivity contribution in [3.63, 3.8) is 0 Å². The lowest BCUT2D eigenvalue weighted by atomic mass is 10.1. The van der Waals surface area contributed by atoms with E-state index in [0.29, 0.717) is 5.92 Å². The number of nitrogens with zero attached hydrogens (tertiary/aromatic N) is 2. The first-order valence-corrected chi connectivity index (χ1v) is 11.6. The Bertz CT molecular complexity index is 1080. The van der Waals surface area contributed by atoms with Crippen molar-refractivity contribution in [1.29, 1.82) is 0 Å². The average Bonchev–Trinajstić information content (AvgIpc) is 3.14. The first-order chi connectivity index (χ1) is 15.4. The van der Waals surface area contributed by atoms with Crippen LogP contribution in [0.5, 0.6) is 11.5 Å². The van der Waals surface area contributed by atoms with E-state index in [9.17, 15) is 4.79 Å². The number of benzene rings is 2. The SMILES string of the molecule is COc1cccc2c(C(C)=O)cn(CC(C)CN3CCCC(Oc4ccc(Cl)cc4)C3)c12. The second-order valence-corrected chi connectivity index (χ2v) is 9.24. The monoisotopic (exact) mass is 454 g/mol. The molecule has 170 valence electrons. The second-order valence-electron chi connectivity index (χ2n) is 8.81. The Labute approximate surface area is 194 Å². The van der Waals surface area contributed by atoms with Gasteiger partial charge in [-0.15, -0.1) is 0 Å². The molecule has 0 saturated carbocycles. The van der Waals surface area contributed by atoms with E-state index in [1.807, 2.05) is 48.7 Å². The van der Waals surface area contributed by atoms with Crippen LogP contribution in [0.4, 0.5) is 0 Å². The predicted molar refractivity (Wildman–Crippen MR) is 129 cm³/mol. The minimum Gasteiger partial charge on any atom is -0.495 e. The van der Waals surface area contributed by atoms with Crippen LogP contribution in [-0.2, 0) is 6.54 Å². The van der Waals surface area contributed by atoms with Crippen LogP contribution in [0.1, 0.15) is 37.0 Å². The quantitative estimate of drug-likeness (QED) is 0.410. The van der Waals surface area contributed by atoms with Crippen molar-refractivity contribution in [2.45, 2.75) is 39.3 Å². The van der Waals surface area contributed by atoms with E-state index >= 15 is 0 Å². The van der Waals surface area contributed by atoms with Gasteiger partial charge in [-0.05, 0) is 62.6 Å². The van der Waals surface area contributed by atoms with Crippen molar-refractivity contribution >= 4 is 28.3 Å². The molecule has 0 bridgehead atoms. The fourth-order valence-corrected chi connectivity index (χ4v) is 4.86. The number of ketones is 1. The van der Waals surface area contributed by atoms with Crippen LogP contribution in [0.2, 0.25) is 5.02 Å². The van der Waals surface area contributed by atoms with Crippen molar-refractivity contribution < 1.29 is 14.3 Å². The molecule has 2 heterocycles. The number of methoxy groups -OCH3 is 1. The molecule has 4 rings (SSSR count). The van der Waals surface area contributed by atoms with E-state index in [1.165, 1.54) is 0 Å². The maximum atomic E-state index is 12.2. The summed E-state index contributed by atoms with van der Waals surface area (Å²) < 4.78 is 14.0. The van der Waals surface area contributed by atoms with Gasteiger partial charge in [-0.25, -0.2) is 0 Å². The molecular weight excluding hydrogens is 424 g/mol. The number of ether oxygens (including phenoxy) is 2. The minimum absolute atomic E-state index is 0.0767. The number of aromatic nitrogens is 1. The minimum atomic E-state index is 0.0767. The number of piperidine rings is 1. The van der Waals surface area contributed by atoms with Crippen LogP contribution >= 0.6 is 11.6 Å². The van der Waals surface area contributed by atoms with Crippen LogP contribution in [0, 0.1) is 5.92 Å². The summed E-state index contributed by atoms with van der Waals surface area (Å²) in [6, 6.07) is 13.5. The largest absolute Gasteiger partial charge is 0.495 e. The molecule has 0 aliphatic carbocycles. The van der Waals surface area contributed by atoms with Gasteiger partial charge in [0.2, 0.25) is 0 Å². The van der Waals surface area contributed by atoms with E-state index in [1.54, 1.807) is 14.0 Å². The van der Waals surface area contributed by atoms with Crippen molar-refractivity contribution in [3.8, 4) is 11.5 Å². The predicted octanol–water partition coefficient (Wildman–Crippen LogP) is 5.69. The first-order valence-electron chi connectivity index (χ1n) is 11.3. The van der Waals surface area contributed by atoms with Crippen molar-refractivity contribution in [2.24, 2.45) is 5.92 Å². The highest BCUT2D eigenvalue weighted by atomic mass is 35.5. The molecule has 0 amide bonds. The van der Waals surface area contributed by atoms with Crippen LogP contribution < -0.4 is 9.47 Å². The highest BCUT2D eigenvalue weighted by Gasteiger charge is 2.23. The number of likely N-dealkylation sites (tertiary alicyclic amines) is 1. The summed E-state index contributed by atoms with van der Waals surface area (Å²) in [7, 11) is 1.68. The smallest absolute Gasteiger partial charge is 0.161 e. The first kappa shape index (κ1) is 22.7. The maximum Gasteiger partial charge on any atom is 0.161 e. The molecule has 1 aliphatic rings. The molecule has 0 N–H and O–H groups in total. The summed E-state index contributed by atoms with van der Waals surface area (Å²) in [6.45, 7) is 7.68. The van der Waals surface area contributed by atoms with Gasteiger partial charge in [0, 0.05) is 41.8 Å². The Hall–Kier alpha value is -2.50. The lowest BCUT2D eigenvalue weighted by molar-refractivity contribution is 0.0785. The summed E-state index contributed by atoms with van der Waals surface area (Å²) in [4.78, 5) is 14.7. The van der Waals surface area contributed by atoms with E-state index in [0.717, 1.165) is 72.0 Å². The molecule has 0 radical (unpaired) electrons. The fraction of sp³-hybridized carbons (Fsp3) is 0.423. The fourth-order valence-electron chi connectivity index (χ4n) is 4.73. The number of hydrogen-bond donors (Lipinski definition) is 0. The van der Waals surface area contributed by atoms with Gasteiger partial charge in [-0.3, -0.25) is 9.69 Å². The van der Waals surface area contributed by atoms with Crippen molar-refractivity contribution in [1.82, 2.24) is 9.47 Å². The Morgan fingerprint density at radius 3 is 2.69 bits per heavy atom. The highest BCUT2D eigenvalue weighted by Crippen LogP contribution is 2.31. The summed E-state index contributed by atoms with van der Waals surface area (Å²) in [5, 5.41) is 1.68. The molecule has 1 saturated heterocycles. The van der Waals surface area contributed by atoms with Gasteiger partial charge < -0.3 is 14.0 Å². The number of Topliss-reactive ketones (excluding diaryl/α,β-unsaturated/α-hetero) is 1. The van der Waals surface area contributed by atoms with E-state index in [2.05, 4.69) is 16.4 Å². The number of fused-ring (bicyclic) bond motifs is 1. The van der Waals surface area contributed by atoms with Crippen molar-refractivity contribution in [3.05, 3.63) is 59.2 Å². The molecule has 2 unspecified atom stereocenters. The molecular formula is C26H31ClN2O3. The Morgan fingerprint density at radius 1 is 1.19 bits per heavy atom. The Morgan fingerprint density at radius 2 is 1.97 bits per heavy atom. The molecule has 32 heavy (non-hydrogen) atoms. The number of halogens is 1. The Kier molecular flexibility index (Phi) is 7.07. The molecule has 0 spiro atoms. The van der Waals surface area contributed by atoms with Crippen molar-refractivity contribution in [2.75, 3.05) is 26.7 Å². The summed E-state index contributed by atoms with van der Waals surface area (Å²) in [6.07, 6.45) is 4.36. The second kappa shape index (κ2) is 9.97. The molecule has 2 aromatic carbocycles. The third-order valence-corrected chi connectivity index (χ3v) is 6.37. The van der Waals surface area contributed by atoms with Gasteiger partial charge in [-0.1, -0.05) is 30.7 Å². The molecule has 1 aliphatic heterocycles. The van der Waals surface area contributed by atoms with E-state index in [-0.39, 0.29) is 11.9 Å². The van der Waals surface area contributed by atoms with Crippen LogP contribution in [0.3, 0.4) is 0 Å². The summed E-state index contributed by atoms with van der Waals surface area (Å²) in [5.74, 6) is 2.16. The normalized spacial score (nSPS) is 17.9. The van der Waals surface area contributed by atoms with Gasteiger partial charge in [0.15, 0.2) is 5.78 Å². The maximum absolute atomic E-state index is 12.2. The van der Waals surface area contributed by atoms with Gasteiger partial charge in [0.25, 0.3) is 0 Å². The van der Waals surface area contributed by atoms with Crippen LogP contribution in [0.25, 0.3) is 10.9 Å². The van der Waals surface area contributed by atoms with Gasteiger partial charge >= 0.3 is 0 Å². The topological polar surface area (TPSA) is 43.7 Å². The number of para-hydroxylation sites is 1. The molecule has 2 atom stereocenters. The Balaban J connectivity index is 1.43. The number of hydrogen-bond acceptors (Lipinski definition) is 4. The molecule has 5 nitrogen and oxygen atoms in total. The number of rotatable bonds is 8. The third kappa shape index (κ3) is 5.11. The number of carbonyl (C=O) groups is 1. The lowest BCUT2D eigenvalue weighted by Crippen LogP contribution is -2.43. The van der Waals surface area contributed by atoms with Gasteiger partial charge in [-0.2, -0.15) is 0 Å². The van der Waals surface area contributed by atoms with E-state index in [4.69, 9.17) is 21.1 Å². The summed E-state index contributed by atoms with van der Waals surface area (Å²) >= 11 is 5.98. The number of carbonyl (C=O) groups excluding carboxylic acids is 1. The van der Waals surface area contributed by atoms with Gasteiger partial charge in [0.1, 0.15) is 17.6 Å². The molecule has 1 fully saturated rings. The van der Waals surface area contributed by atoms with Gasteiger partial charge in [0.05, 0.1) is 12.6 Å². The average molecular weight is 455 g/mol. The zero-order chi connectivity index (χ0) is 22.7. The molecule has 6 heteroatoms. The zero-order valence-corrected chi connectivity index (χ0v) is 19.8. The lowest BCUT2D eigenvalue weighted by Gasteiger charge is -2.34. The zero-order valence-electron chi connectivity index (χ0n) is 19.0. The van der Waals surface area contributed by atoms with E-state index < -0.39 is 0 Å². The molecule has 1 aromatic heterocycles.